The van der Waals surface area contributed by atoms with Crippen molar-refractivity contribution in [2.24, 2.45) is 0 Å². The first kappa shape index (κ1) is 20.4. The number of rotatable bonds is 4. The van der Waals surface area contributed by atoms with Crippen molar-refractivity contribution in [2.75, 3.05) is 12.0 Å². The molecular formula is C20H18FN3O4S. The highest BCUT2D eigenvalue weighted by molar-refractivity contribution is 7.80. The molecule has 29 heavy (non-hydrogen) atoms. The van der Waals surface area contributed by atoms with E-state index in [0.29, 0.717) is 22.5 Å². The van der Waals surface area contributed by atoms with Gasteiger partial charge < -0.3 is 10.1 Å². The minimum Gasteiger partial charge on any atom is -0.466 e. The Balaban J connectivity index is 2.15. The normalized spacial score (nSPS) is 16.5. The number of hydrogen-bond donors (Lipinski definition) is 1. The van der Waals surface area contributed by atoms with Crippen LogP contribution in [-0.2, 0) is 9.53 Å². The molecule has 1 aliphatic rings. The third-order valence-corrected chi connectivity index (χ3v) is 5.02. The van der Waals surface area contributed by atoms with E-state index in [2.05, 4.69) is 5.32 Å². The van der Waals surface area contributed by atoms with Gasteiger partial charge >= 0.3 is 5.97 Å². The van der Waals surface area contributed by atoms with Gasteiger partial charge in [-0.15, -0.1) is 0 Å². The lowest BCUT2D eigenvalue weighted by Crippen LogP contribution is -2.48. The van der Waals surface area contributed by atoms with Gasteiger partial charge in [0, 0.05) is 17.8 Å². The van der Waals surface area contributed by atoms with Crippen LogP contribution in [0.15, 0.2) is 53.7 Å². The summed E-state index contributed by atoms with van der Waals surface area (Å²) in [7, 11) is 1.25. The number of non-ortho nitro benzene ring substituents is 1. The first-order chi connectivity index (χ1) is 13.7. The zero-order valence-corrected chi connectivity index (χ0v) is 16.7. The maximum Gasteiger partial charge on any atom is 0.337 e. The summed E-state index contributed by atoms with van der Waals surface area (Å²) in [4.78, 5) is 24.8. The highest BCUT2D eigenvalue weighted by atomic mass is 32.1. The topological polar surface area (TPSA) is 84.7 Å². The van der Waals surface area contributed by atoms with Gasteiger partial charge in [0.25, 0.3) is 5.69 Å². The van der Waals surface area contributed by atoms with E-state index in [9.17, 15) is 19.3 Å². The van der Waals surface area contributed by atoms with Crippen molar-refractivity contribution < 1.29 is 18.8 Å². The predicted octanol–water partition coefficient (Wildman–Crippen LogP) is 3.93. The minimum absolute atomic E-state index is 0.111. The van der Waals surface area contributed by atoms with Crippen LogP contribution in [0.5, 0.6) is 0 Å². The van der Waals surface area contributed by atoms with Crippen LogP contribution in [0.2, 0.25) is 0 Å². The molecule has 0 saturated heterocycles. The Morgan fingerprint density at radius 1 is 1.28 bits per heavy atom. The van der Waals surface area contributed by atoms with Crippen LogP contribution in [0.3, 0.4) is 0 Å². The number of anilines is 1. The SMILES string of the molecule is COC(=O)C1=C(C)N(c2ccc(C)c(F)c2)C(=S)NC1c1cccc([N+](=O)[O-])c1. The molecule has 1 atom stereocenters. The molecule has 2 aromatic carbocycles. The molecule has 0 bridgehead atoms. The van der Waals surface area contributed by atoms with Crippen LogP contribution in [0.1, 0.15) is 24.1 Å². The number of thiocarbonyl (C=S) groups is 1. The van der Waals surface area contributed by atoms with Gasteiger partial charge in [0.05, 0.1) is 29.3 Å². The summed E-state index contributed by atoms with van der Waals surface area (Å²) >= 11 is 5.47. The molecule has 7 nitrogen and oxygen atoms in total. The van der Waals surface area contributed by atoms with E-state index >= 15 is 0 Å². The number of nitro groups is 1. The summed E-state index contributed by atoms with van der Waals surface area (Å²) in [6, 6.07) is 9.81. The van der Waals surface area contributed by atoms with Gasteiger partial charge in [-0.1, -0.05) is 18.2 Å². The molecule has 3 rings (SSSR count). The van der Waals surface area contributed by atoms with Crippen LogP contribution in [0.25, 0.3) is 0 Å². The lowest BCUT2D eigenvalue weighted by atomic mass is 9.94. The third-order valence-electron chi connectivity index (χ3n) is 4.72. The number of methoxy groups -OCH3 is 1. The summed E-state index contributed by atoms with van der Waals surface area (Å²) in [5, 5.41) is 14.4. The molecule has 1 heterocycles. The molecule has 9 heteroatoms. The minimum atomic E-state index is -0.749. The summed E-state index contributed by atoms with van der Waals surface area (Å²) in [5.74, 6) is -1.02. The van der Waals surface area contributed by atoms with Crippen molar-refractivity contribution in [3.8, 4) is 0 Å². The molecule has 0 radical (unpaired) electrons. The number of halogens is 1. The van der Waals surface area contributed by atoms with Crippen molar-refractivity contribution in [2.45, 2.75) is 19.9 Å². The van der Waals surface area contributed by atoms with E-state index in [-0.39, 0.29) is 16.4 Å². The largest absolute Gasteiger partial charge is 0.466 e. The molecule has 1 N–H and O–H groups in total. The van der Waals surface area contributed by atoms with Crippen molar-refractivity contribution >= 4 is 34.7 Å². The van der Waals surface area contributed by atoms with Crippen molar-refractivity contribution in [1.29, 1.82) is 0 Å². The maximum absolute atomic E-state index is 14.1. The van der Waals surface area contributed by atoms with E-state index in [1.165, 1.54) is 36.3 Å². The molecule has 1 aliphatic heterocycles. The second-order valence-corrected chi connectivity index (χ2v) is 6.88. The molecule has 0 aromatic heterocycles. The summed E-state index contributed by atoms with van der Waals surface area (Å²) < 4.78 is 19.0. The first-order valence-corrected chi connectivity index (χ1v) is 9.05. The van der Waals surface area contributed by atoms with Gasteiger partial charge in [-0.05, 0) is 49.3 Å². The second-order valence-electron chi connectivity index (χ2n) is 6.49. The fourth-order valence-corrected chi connectivity index (χ4v) is 3.58. The number of ether oxygens (including phenoxy) is 1. The van der Waals surface area contributed by atoms with E-state index < -0.39 is 22.8 Å². The fourth-order valence-electron chi connectivity index (χ4n) is 3.22. The van der Waals surface area contributed by atoms with E-state index in [4.69, 9.17) is 17.0 Å². The molecule has 0 fully saturated rings. The Kier molecular flexibility index (Phi) is 5.60. The van der Waals surface area contributed by atoms with E-state index in [0.717, 1.165) is 0 Å². The number of carbonyl (C=O) groups is 1. The molecular weight excluding hydrogens is 397 g/mol. The van der Waals surface area contributed by atoms with Gasteiger partial charge in [-0.25, -0.2) is 9.18 Å². The summed E-state index contributed by atoms with van der Waals surface area (Å²) in [5.41, 5.74) is 1.97. The number of carbonyl (C=O) groups excluding carboxylic acids is 1. The standard InChI is InChI=1S/C20H18FN3O4S/c1-11-7-8-14(10-16(11)21)23-12(2)17(19(25)28-3)18(22-20(23)29)13-5-4-6-15(9-13)24(26)27/h4-10,18H,1-3H3,(H,22,29). The lowest BCUT2D eigenvalue weighted by molar-refractivity contribution is -0.384. The zero-order chi connectivity index (χ0) is 21.3. The van der Waals surface area contributed by atoms with Gasteiger partial charge in [0.15, 0.2) is 5.11 Å². The van der Waals surface area contributed by atoms with Crippen LogP contribution in [0, 0.1) is 22.9 Å². The molecule has 2 aromatic rings. The highest BCUT2D eigenvalue weighted by Gasteiger charge is 2.35. The molecule has 0 saturated carbocycles. The number of esters is 1. The van der Waals surface area contributed by atoms with Crippen LogP contribution >= 0.6 is 12.2 Å². The van der Waals surface area contributed by atoms with Gasteiger partial charge in [0.1, 0.15) is 5.82 Å². The van der Waals surface area contributed by atoms with E-state index in [1.54, 1.807) is 32.0 Å². The number of benzene rings is 2. The third kappa shape index (κ3) is 3.81. The van der Waals surface area contributed by atoms with Crippen molar-refractivity contribution in [3.05, 3.63) is 80.8 Å². The number of hydrogen-bond acceptors (Lipinski definition) is 5. The quantitative estimate of drug-likeness (QED) is 0.351. The Hall–Kier alpha value is -3.33. The van der Waals surface area contributed by atoms with Gasteiger partial charge in [0.2, 0.25) is 0 Å². The Morgan fingerprint density at radius 2 is 2.00 bits per heavy atom. The number of nitrogens with zero attached hydrogens (tertiary/aromatic N) is 2. The molecule has 150 valence electrons. The predicted molar refractivity (Wildman–Crippen MR) is 110 cm³/mol. The zero-order valence-electron chi connectivity index (χ0n) is 15.9. The molecule has 0 spiro atoms. The fraction of sp³-hybridized carbons (Fsp3) is 0.200. The average molecular weight is 415 g/mol. The van der Waals surface area contributed by atoms with Crippen molar-refractivity contribution in [1.82, 2.24) is 5.32 Å². The molecule has 0 amide bonds. The lowest BCUT2D eigenvalue weighted by Gasteiger charge is -2.37. The Morgan fingerprint density at radius 3 is 2.62 bits per heavy atom. The highest BCUT2D eigenvalue weighted by Crippen LogP contribution is 2.35. The Labute approximate surface area is 171 Å². The summed E-state index contributed by atoms with van der Waals surface area (Å²) in [6.45, 7) is 3.31. The second kappa shape index (κ2) is 7.96. The number of nitro benzene ring substituents is 1. The van der Waals surface area contributed by atoms with E-state index in [1.807, 2.05) is 0 Å². The van der Waals surface area contributed by atoms with Crippen LogP contribution in [0.4, 0.5) is 15.8 Å². The summed E-state index contributed by atoms with van der Waals surface area (Å²) in [6.07, 6.45) is 0. The smallest absolute Gasteiger partial charge is 0.337 e. The molecule has 1 unspecified atom stereocenters. The molecule has 0 aliphatic carbocycles. The van der Waals surface area contributed by atoms with Gasteiger partial charge in [-0.2, -0.15) is 0 Å². The Bertz CT molecular complexity index is 1050. The van der Waals surface area contributed by atoms with Crippen LogP contribution < -0.4 is 10.2 Å². The number of aryl methyl sites for hydroxylation is 1. The number of allylic oxidation sites excluding steroid dienone is 1. The number of nitrogens with one attached hydrogen (secondary N) is 1. The maximum atomic E-state index is 14.1. The average Bonchev–Trinajstić information content (AvgIpc) is 2.69. The van der Waals surface area contributed by atoms with Gasteiger partial charge in [-0.3, -0.25) is 15.0 Å². The van der Waals surface area contributed by atoms with Crippen LogP contribution in [-0.4, -0.2) is 23.1 Å². The first-order valence-electron chi connectivity index (χ1n) is 8.64. The van der Waals surface area contributed by atoms with Crippen molar-refractivity contribution in [3.63, 3.8) is 0 Å². The monoisotopic (exact) mass is 415 g/mol.